The molecule has 0 atom stereocenters. The zero-order valence-electron chi connectivity index (χ0n) is 9.69. The quantitative estimate of drug-likeness (QED) is 0.910. The summed E-state index contributed by atoms with van der Waals surface area (Å²) in [6, 6.07) is 5.38. The van der Waals surface area contributed by atoms with Crippen molar-refractivity contribution in [2.45, 2.75) is 13.0 Å². The summed E-state index contributed by atoms with van der Waals surface area (Å²) in [5, 5.41) is 17.4. The molecule has 0 radical (unpaired) electrons. The summed E-state index contributed by atoms with van der Waals surface area (Å²) in [6.07, 6.45) is 2.20. The van der Waals surface area contributed by atoms with Crippen molar-refractivity contribution in [2.75, 3.05) is 0 Å². The fourth-order valence-corrected chi connectivity index (χ4v) is 2.94. The van der Waals surface area contributed by atoms with Gasteiger partial charge in [0.05, 0.1) is 10.0 Å². The minimum absolute atomic E-state index is 0.204. The molecule has 0 amide bonds. The van der Waals surface area contributed by atoms with Crippen molar-refractivity contribution in [3.05, 3.63) is 49.7 Å². The topological polar surface area (TPSA) is 66.1 Å². The second-order valence-corrected chi connectivity index (χ2v) is 5.81. The summed E-state index contributed by atoms with van der Waals surface area (Å²) in [7, 11) is 0. The first-order chi connectivity index (χ1) is 8.97. The lowest BCUT2D eigenvalue weighted by Gasteiger charge is -2.03. The van der Waals surface area contributed by atoms with Gasteiger partial charge in [0.15, 0.2) is 4.80 Å². The largest absolute Gasteiger partial charge is 0.480 e. The van der Waals surface area contributed by atoms with Gasteiger partial charge in [-0.2, -0.15) is 0 Å². The van der Waals surface area contributed by atoms with E-state index in [0.29, 0.717) is 16.5 Å². The van der Waals surface area contributed by atoms with Crippen LogP contribution in [0.3, 0.4) is 0 Å². The van der Waals surface area contributed by atoms with Crippen LogP contribution in [0.1, 0.15) is 10.4 Å². The third-order valence-corrected chi connectivity index (χ3v) is 4.29. The maximum atomic E-state index is 10.6. The van der Waals surface area contributed by atoms with Crippen molar-refractivity contribution >= 4 is 40.5 Å². The predicted octanol–water partition coefficient (Wildman–Crippen LogP) is 3.01. The number of hydrogen-bond acceptors (Lipinski definition) is 3. The van der Waals surface area contributed by atoms with Crippen LogP contribution in [0.5, 0.6) is 0 Å². The molecule has 7 heteroatoms. The molecule has 0 saturated heterocycles. The van der Waals surface area contributed by atoms with Crippen LogP contribution in [0.2, 0.25) is 10.0 Å². The SMILES string of the molecule is N=c1sc(Cc2cccc(Cl)c2Cl)cn1CC(=O)O. The van der Waals surface area contributed by atoms with Crippen molar-refractivity contribution in [3.8, 4) is 0 Å². The molecular weight excluding hydrogens is 307 g/mol. The Hall–Kier alpha value is -1.30. The number of nitrogens with one attached hydrogen (secondary N) is 1. The lowest BCUT2D eigenvalue weighted by molar-refractivity contribution is -0.137. The summed E-state index contributed by atoms with van der Waals surface area (Å²) in [6.45, 7) is -0.210. The maximum Gasteiger partial charge on any atom is 0.323 e. The number of carboxylic acids is 1. The number of rotatable bonds is 4. The molecule has 0 aliphatic rings. The molecule has 0 unspecified atom stereocenters. The van der Waals surface area contributed by atoms with E-state index >= 15 is 0 Å². The van der Waals surface area contributed by atoms with E-state index in [9.17, 15) is 4.79 Å². The Labute approximate surface area is 123 Å². The van der Waals surface area contributed by atoms with E-state index in [-0.39, 0.29) is 11.3 Å². The summed E-state index contributed by atoms with van der Waals surface area (Å²) in [4.78, 5) is 11.7. The van der Waals surface area contributed by atoms with E-state index in [4.69, 9.17) is 33.7 Å². The Balaban J connectivity index is 2.27. The molecule has 4 nitrogen and oxygen atoms in total. The summed E-state index contributed by atoms with van der Waals surface area (Å²) in [5.41, 5.74) is 0.859. The fraction of sp³-hybridized carbons (Fsp3) is 0.167. The second-order valence-electron chi connectivity index (χ2n) is 3.91. The highest BCUT2D eigenvalue weighted by atomic mass is 35.5. The Morgan fingerprint density at radius 1 is 1.42 bits per heavy atom. The number of nitrogens with zero attached hydrogens (tertiary/aromatic N) is 1. The molecule has 0 fully saturated rings. The van der Waals surface area contributed by atoms with Crippen molar-refractivity contribution in [1.82, 2.24) is 4.57 Å². The van der Waals surface area contributed by atoms with Crippen LogP contribution >= 0.6 is 34.5 Å². The van der Waals surface area contributed by atoms with Crippen molar-refractivity contribution in [2.24, 2.45) is 0 Å². The van der Waals surface area contributed by atoms with Gasteiger partial charge in [-0.05, 0) is 11.6 Å². The van der Waals surface area contributed by atoms with E-state index in [2.05, 4.69) is 0 Å². The zero-order valence-corrected chi connectivity index (χ0v) is 12.0. The van der Waals surface area contributed by atoms with Crippen LogP contribution in [0.25, 0.3) is 0 Å². The van der Waals surface area contributed by atoms with Crippen LogP contribution in [0.15, 0.2) is 24.4 Å². The first-order valence-corrected chi connectivity index (χ1v) is 6.93. The van der Waals surface area contributed by atoms with Gasteiger partial charge in [-0.25, -0.2) is 0 Å². The van der Waals surface area contributed by atoms with E-state index < -0.39 is 5.97 Å². The lowest BCUT2D eigenvalue weighted by Crippen LogP contribution is -2.17. The summed E-state index contributed by atoms with van der Waals surface area (Å²) < 4.78 is 1.39. The Bertz CT molecular complexity index is 679. The summed E-state index contributed by atoms with van der Waals surface area (Å²) in [5.74, 6) is -0.969. The minimum atomic E-state index is -0.969. The Morgan fingerprint density at radius 2 is 2.16 bits per heavy atom. The van der Waals surface area contributed by atoms with Crippen molar-refractivity contribution < 1.29 is 9.90 Å². The monoisotopic (exact) mass is 316 g/mol. The van der Waals surface area contributed by atoms with Crippen LogP contribution in [-0.4, -0.2) is 15.6 Å². The standard InChI is InChI=1S/C12H10Cl2N2O2S/c13-9-3-1-2-7(11(9)14)4-8-5-16(6-10(17)18)12(15)19-8/h1-3,5,15H,4,6H2,(H,17,18). The van der Waals surface area contributed by atoms with Gasteiger partial charge in [-0.1, -0.05) is 35.3 Å². The number of carboxylic acid groups (broad SMARTS) is 1. The molecule has 1 heterocycles. The average molecular weight is 317 g/mol. The Morgan fingerprint density at radius 3 is 2.84 bits per heavy atom. The molecule has 0 bridgehead atoms. The third kappa shape index (κ3) is 3.37. The highest BCUT2D eigenvalue weighted by molar-refractivity contribution is 7.09. The van der Waals surface area contributed by atoms with Crippen molar-refractivity contribution in [1.29, 1.82) is 5.41 Å². The predicted molar refractivity (Wildman–Crippen MR) is 75.1 cm³/mol. The number of aliphatic carboxylic acids is 1. The molecule has 2 N–H and O–H groups in total. The van der Waals surface area contributed by atoms with E-state index in [1.54, 1.807) is 12.3 Å². The molecule has 0 aliphatic carbocycles. The van der Waals surface area contributed by atoms with Gasteiger partial charge in [0.25, 0.3) is 0 Å². The normalized spacial score (nSPS) is 10.6. The number of aromatic nitrogens is 1. The minimum Gasteiger partial charge on any atom is -0.480 e. The van der Waals surface area contributed by atoms with Crippen LogP contribution < -0.4 is 4.80 Å². The first kappa shape index (κ1) is 14.1. The zero-order chi connectivity index (χ0) is 14.0. The van der Waals surface area contributed by atoms with Crippen LogP contribution in [-0.2, 0) is 17.8 Å². The summed E-state index contributed by atoms with van der Waals surface area (Å²) >= 11 is 13.3. The van der Waals surface area contributed by atoms with Gasteiger partial charge in [-0.15, -0.1) is 11.3 Å². The molecule has 1 aromatic carbocycles. The molecule has 2 rings (SSSR count). The molecule has 100 valence electrons. The number of thiazole rings is 1. The van der Waals surface area contributed by atoms with Gasteiger partial charge in [0.2, 0.25) is 0 Å². The maximum absolute atomic E-state index is 10.6. The molecule has 19 heavy (non-hydrogen) atoms. The molecule has 0 spiro atoms. The van der Waals surface area contributed by atoms with Crippen LogP contribution in [0, 0.1) is 5.41 Å². The average Bonchev–Trinajstić information content (AvgIpc) is 2.65. The van der Waals surface area contributed by atoms with Gasteiger partial charge in [0, 0.05) is 17.5 Å². The molecule has 0 saturated carbocycles. The first-order valence-electron chi connectivity index (χ1n) is 5.36. The highest BCUT2D eigenvalue weighted by Gasteiger charge is 2.09. The molecule has 2 aromatic rings. The van der Waals surface area contributed by atoms with Crippen LogP contribution in [0.4, 0.5) is 0 Å². The van der Waals surface area contributed by atoms with E-state index in [0.717, 1.165) is 10.4 Å². The molecular formula is C12H10Cl2N2O2S. The second kappa shape index (κ2) is 5.77. The van der Waals surface area contributed by atoms with Gasteiger partial charge in [-0.3, -0.25) is 10.2 Å². The lowest BCUT2D eigenvalue weighted by atomic mass is 10.1. The smallest absolute Gasteiger partial charge is 0.323 e. The van der Waals surface area contributed by atoms with Gasteiger partial charge in [0.1, 0.15) is 6.54 Å². The molecule has 1 aromatic heterocycles. The third-order valence-electron chi connectivity index (χ3n) is 2.49. The fourth-order valence-electron chi connectivity index (χ4n) is 1.66. The van der Waals surface area contributed by atoms with Gasteiger partial charge >= 0.3 is 5.97 Å². The molecule has 0 aliphatic heterocycles. The van der Waals surface area contributed by atoms with Gasteiger partial charge < -0.3 is 9.67 Å². The van der Waals surface area contributed by atoms with Crippen molar-refractivity contribution in [3.63, 3.8) is 0 Å². The number of carbonyl (C=O) groups is 1. The van der Waals surface area contributed by atoms with E-state index in [1.165, 1.54) is 15.9 Å². The highest BCUT2D eigenvalue weighted by Crippen LogP contribution is 2.27. The number of halogens is 2. The number of benzene rings is 1. The van der Waals surface area contributed by atoms with E-state index in [1.807, 2.05) is 12.1 Å². The Kier molecular flexibility index (Phi) is 4.29. The number of hydrogen-bond donors (Lipinski definition) is 2.